The summed E-state index contributed by atoms with van der Waals surface area (Å²) in [4.78, 5) is 13.3. The van der Waals surface area contributed by atoms with Crippen molar-refractivity contribution in [1.82, 2.24) is 4.90 Å². The van der Waals surface area contributed by atoms with Gasteiger partial charge in [0.15, 0.2) is 0 Å². The van der Waals surface area contributed by atoms with Gasteiger partial charge in [-0.05, 0) is 50.4 Å². The Labute approximate surface area is 120 Å². The molecule has 1 aliphatic rings. The van der Waals surface area contributed by atoms with E-state index in [1.165, 1.54) is 12.8 Å². The van der Waals surface area contributed by atoms with Crippen LogP contribution in [0.1, 0.15) is 37.0 Å². The van der Waals surface area contributed by atoms with E-state index >= 15 is 0 Å². The second kappa shape index (κ2) is 6.75. The molecule has 2 atom stereocenters. The van der Waals surface area contributed by atoms with Gasteiger partial charge in [-0.15, -0.1) is 0 Å². The van der Waals surface area contributed by atoms with Gasteiger partial charge in [0.05, 0.1) is 5.56 Å². The Kier molecular flexibility index (Phi) is 5.01. The summed E-state index contributed by atoms with van der Waals surface area (Å²) in [6.45, 7) is 7.19. The maximum Gasteiger partial charge on any atom is 0.335 e. The standard InChI is InChI=1S/C16H23NO3/c1-12-6-7-17(13(2)10-12)8-9-20-15-5-3-4-14(11-15)16(18)19/h3-5,11-13H,6-10H2,1-2H3,(H,18,19). The van der Waals surface area contributed by atoms with Gasteiger partial charge in [0.2, 0.25) is 0 Å². The van der Waals surface area contributed by atoms with Crippen molar-refractivity contribution in [3.63, 3.8) is 0 Å². The van der Waals surface area contributed by atoms with Crippen LogP contribution in [0.2, 0.25) is 0 Å². The van der Waals surface area contributed by atoms with Crippen molar-refractivity contribution >= 4 is 5.97 Å². The van der Waals surface area contributed by atoms with Gasteiger partial charge < -0.3 is 9.84 Å². The monoisotopic (exact) mass is 277 g/mol. The molecule has 4 heteroatoms. The Bertz CT molecular complexity index is 461. The highest BCUT2D eigenvalue weighted by atomic mass is 16.5. The molecule has 0 spiro atoms. The first-order valence-corrected chi connectivity index (χ1v) is 7.26. The van der Waals surface area contributed by atoms with Crippen LogP contribution in [0.4, 0.5) is 0 Å². The zero-order valence-electron chi connectivity index (χ0n) is 12.2. The first kappa shape index (κ1) is 14.9. The van der Waals surface area contributed by atoms with Gasteiger partial charge in [-0.1, -0.05) is 13.0 Å². The second-order valence-electron chi connectivity index (χ2n) is 5.70. The van der Waals surface area contributed by atoms with Gasteiger partial charge in [-0.2, -0.15) is 0 Å². The number of carbonyl (C=O) groups is 1. The van der Waals surface area contributed by atoms with E-state index < -0.39 is 5.97 Å². The summed E-state index contributed by atoms with van der Waals surface area (Å²) in [6, 6.07) is 7.26. The molecule has 4 nitrogen and oxygen atoms in total. The quantitative estimate of drug-likeness (QED) is 0.899. The molecule has 20 heavy (non-hydrogen) atoms. The topological polar surface area (TPSA) is 49.8 Å². The molecule has 110 valence electrons. The Morgan fingerprint density at radius 3 is 2.95 bits per heavy atom. The first-order valence-electron chi connectivity index (χ1n) is 7.26. The average molecular weight is 277 g/mol. The van der Waals surface area contributed by atoms with E-state index in [2.05, 4.69) is 18.7 Å². The van der Waals surface area contributed by atoms with Crippen molar-refractivity contribution in [2.45, 2.75) is 32.7 Å². The largest absolute Gasteiger partial charge is 0.492 e. The highest BCUT2D eigenvalue weighted by molar-refractivity contribution is 5.87. The van der Waals surface area contributed by atoms with Crippen LogP contribution in [-0.2, 0) is 0 Å². The number of benzene rings is 1. The van der Waals surface area contributed by atoms with Crippen molar-refractivity contribution in [3.8, 4) is 5.75 Å². The average Bonchev–Trinajstić information content (AvgIpc) is 2.41. The molecule has 1 aromatic carbocycles. The van der Waals surface area contributed by atoms with E-state index in [1.807, 2.05) is 0 Å². The lowest BCUT2D eigenvalue weighted by molar-refractivity contribution is 0.0696. The summed E-state index contributed by atoms with van der Waals surface area (Å²) < 4.78 is 5.67. The molecule has 1 fully saturated rings. The summed E-state index contributed by atoms with van der Waals surface area (Å²) in [5.74, 6) is 0.520. The Balaban J connectivity index is 1.81. The molecule has 1 aliphatic heterocycles. The number of nitrogens with zero attached hydrogens (tertiary/aromatic N) is 1. The smallest absolute Gasteiger partial charge is 0.335 e. The lowest BCUT2D eigenvalue weighted by Crippen LogP contribution is -2.42. The number of likely N-dealkylation sites (tertiary alicyclic amines) is 1. The normalized spacial score (nSPS) is 23.5. The van der Waals surface area contributed by atoms with Crippen LogP contribution in [-0.4, -0.2) is 41.7 Å². The Hall–Kier alpha value is -1.55. The number of carboxylic acid groups (broad SMARTS) is 1. The number of hydrogen-bond donors (Lipinski definition) is 1. The van der Waals surface area contributed by atoms with Crippen molar-refractivity contribution < 1.29 is 14.6 Å². The van der Waals surface area contributed by atoms with E-state index in [1.54, 1.807) is 24.3 Å². The molecule has 0 bridgehead atoms. The minimum atomic E-state index is -0.922. The molecule has 1 heterocycles. The number of carboxylic acids is 1. The summed E-state index contributed by atoms with van der Waals surface area (Å²) in [6.07, 6.45) is 2.49. The maximum atomic E-state index is 10.9. The highest BCUT2D eigenvalue weighted by Crippen LogP contribution is 2.21. The van der Waals surface area contributed by atoms with E-state index in [-0.39, 0.29) is 5.56 Å². The summed E-state index contributed by atoms with van der Waals surface area (Å²) in [5.41, 5.74) is 0.266. The summed E-state index contributed by atoms with van der Waals surface area (Å²) in [5, 5.41) is 8.93. The van der Waals surface area contributed by atoms with Crippen molar-refractivity contribution in [1.29, 1.82) is 0 Å². The first-order chi connectivity index (χ1) is 9.56. The number of aromatic carboxylic acids is 1. The van der Waals surface area contributed by atoms with Gasteiger partial charge in [-0.3, -0.25) is 4.90 Å². The summed E-state index contributed by atoms with van der Waals surface area (Å²) in [7, 11) is 0. The van der Waals surface area contributed by atoms with Gasteiger partial charge in [0.25, 0.3) is 0 Å². The molecule has 1 saturated heterocycles. The lowest BCUT2D eigenvalue weighted by Gasteiger charge is -2.36. The number of hydrogen-bond acceptors (Lipinski definition) is 3. The molecule has 0 aliphatic carbocycles. The minimum Gasteiger partial charge on any atom is -0.492 e. The van der Waals surface area contributed by atoms with Gasteiger partial charge >= 0.3 is 5.97 Å². The van der Waals surface area contributed by atoms with E-state index in [0.717, 1.165) is 19.0 Å². The van der Waals surface area contributed by atoms with Crippen LogP contribution >= 0.6 is 0 Å². The number of rotatable bonds is 5. The summed E-state index contributed by atoms with van der Waals surface area (Å²) >= 11 is 0. The molecular weight excluding hydrogens is 254 g/mol. The third-order valence-corrected chi connectivity index (χ3v) is 4.00. The highest BCUT2D eigenvalue weighted by Gasteiger charge is 2.22. The zero-order valence-corrected chi connectivity index (χ0v) is 12.2. The van der Waals surface area contributed by atoms with E-state index in [4.69, 9.17) is 9.84 Å². The van der Waals surface area contributed by atoms with Gasteiger partial charge in [0, 0.05) is 12.6 Å². The van der Waals surface area contributed by atoms with E-state index in [0.29, 0.717) is 18.4 Å². The molecule has 0 saturated carbocycles. The fourth-order valence-electron chi connectivity index (χ4n) is 2.79. The van der Waals surface area contributed by atoms with Crippen molar-refractivity contribution in [3.05, 3.63) is 29.8 Å². The third-order valence-electron chi connectivity index (χ3n) is 4.00. The fraction of sp³-hybridized carbons (Fsp3) is 0.562. The van der Waals surface area contributed by atoms with Gasteiger partial charge in [-0.25, -0.2) is 4.79 Å². The molecule has 0 aromatic heterocycles. The van der Waals surface area contributed by atoms with Crippen LogP contribution in [0.25, 0.3) is 0 Å². The van der Waals surface area contributed by atoms with Crippen LogP contribution in [0, 0.1) is 5.92 Å². The predicted molar refractivity (Wildman–Crippen MR) is 78.3 cm³/mol. The van der Waals surface area contributed by atoms with E-state index in [9.17, 15) is 4.79 Å². The van der Waals surface area contributed by atoms with Crippen molar-refractivity contribution in [2.75, 3.05) is 19.7 Å². The zero-order chi connectivity index (χ0) is 14.5. The van der Waals surface area contributed by atoms with Crippen LogP contribution in [0.3, 0.4) is 0 Å². The molecule has 2 unspecified atom stereocenters. The molecule has 0 amide bonds. The van der Waals surface area contributed by atoms with Crippen LogP contribution < -0.4 is 4.74 Å². The van der Waals surface area contributed by atoms with Gasteiger partial charge in [0.1, 0.15) is 12.4 Å². The third kappa shape index (κ3) is 3.97. The van der Waals surface area contributed by atoms with Crippen molar-refractivity contribution in [2.24, 2.45) is 5.92 Å². The molecule has 2 rings (SSSR count). The van der Waals surface area contributed by atoms with Crippen LogP contribution in [0.5, 0.6) is 5.75 Å². The predicted octanol–water partition coefficient (Wildman–Crippen LogP) is 2.88. The molecule has 1 N–H and O–H groups in total. The minimum absolute atomic E-state index is 0.266. The fourth-order valence-corrected chi connectivity index (χ4v) is 2.79. The molecule has 0 radical (unpaired) electrons. The van der Waals surface area contributed by atoms with Crippen LogP contribution in [0.15, 0.2) is 24.3 Å². The number of piperidine rings is 1. The SMILES string of the molecule is CC1CCN(CCOc2cccc(C(=O)O)c2)C(C)C1. The Morgan fingerprint density at radius 1 is 1.45 bits per heavy atom. The second-order valence-corrected chi connectivity index (χ2v) is 5.70. The lowest BCUT2D eigenvalue weighted by atomic mass is 9.93. The Morgan fingerprint density at radius 2 is 2.25 bits per heavy atom. The molecule has 1 aromatic rings. The molecular formula is C16H23NO3. The maximum absolute atomic E-state index is 10.9. The number of ether oxygens (including phenoxy) is 1.